The summed E-state index contributed by atoms with van der Waals surface area (Å²) < 4.78 is 0. The van der Waals surface area contributed by atoms with Gasteiger partial charge in [-0.05, 0) is 31.6 Å². The maximum atomic E-state index is 12.6. The number of amides is 1. The molecule has 0 heterocycles. The fourth-order valence-electron chi connectivity index (χ4n) is 3.80. The average Bonchev–Trinajstić information content (AvgIpc) is 2.81. The summed E-state index contributed by atoms with van der Waals surface area (Å²) in [5.74, 6) is 1.01. The van der Waals surface area contributed by atoms with Crippen LogP contribution in [0.3, 0.4) is 0 Å². The van der Waals surface area contributed by atoms with E-state index in [4.69, 9.17) is 5.73 Å². The highest BCUT2D eigenvalue weighted by Gasteiger charge is 2.27. The lowest BCUT2D eigenvalue weighted by molar-refractivity contribution is -0.134. The van der Waals surface area contributed by atoms with Crippen LogP contribution in [-0.4, -0.2) is 29.9 Å². The van der Waals surface area contributed by atoms with Crippen LogP contribution in [0.1, 0.15) is 70.6 Å². The molecule has 19 heavy (non-hydrogen) atoms. The molecule has 0 saturated heterocycles. The first-order valence-electron chi connectivity index (χ1n) is 8.31. The summed E-state index contributed by atoms with van der Waals surface area (Å²) in [6.45, 7) is 1.36. The standard InChI is InChI=1S/C16H30N2O/c17-11-12-18(15-9-5-6-10-15)16(19)13-14-7-3-1-2-4-8-14/h14-15H,1-13,17H2. The highest BCUT2D eigenvalue weighted by molar-refractivity contribution is 5.76. The zero-order valence-corrected chi connectivity index (χ0v) is 12.3. The second kappa shape index (κ2) is 7.88. The number of nitrogens with two attached hydrogens (primary N) is 1. The van der Waals surface area contributed by atoms with Crippen molar-refractivity contribution < 1.29 is 4.79 Å². The van der Waals surface area contributed by atoms with Crippen LogP contribution in [0.4, 0.5) is 0 Å². The first-order chi connectivity index (χ1) is 9.31. The Bertz CT molecular complexity index is 266. The first-order valence-corrected chi connectivity index (χ1v) is 8.31. The van der Waals surface area contributed by atoms with Crippen LogP contribution in [-0.2, 0) is 4.79 Å². The minimum Gasteiger partial charge on any atom is -0.338 e. The fourth-order valence-corrected chi connectivity index (χ4v) is 3.80. The smallest absolute Gasteiger partial charge is 0.223 e. The third kappa shape index (κ3) is 4.48. The van der Waals surface area contributed by atoms with Gasteiger partial charge in [-0.25, -0.2) is 0 Å². The molecule has 0 radical (unpaired) electrons. The van der Waals surface area contributed by atoms with Gasteiger partial charge in [-0.3, -0.25) is 4.79 Å². The van der Waals surface area contributed by atoms with Gasteiger partial charge in [-0.1, -0.05) is 38.5 Å². The van der Waals surface area contributed by atoms with Gasteiger partial charge >= 0.3 is 0 Å². The lowest BCUT2D eigenvalue weighted by atomic mass is 9.95. The van der Waals surface area contributed by atoms with E-state index in [0.717, 1.165) is 13.0 Å². The Labute approximate surface area is 117 Å². The quantitative estimate of drug-likeness (QED) is 0.777. The summed E-state index contributed by atoms with van der Waals surface area (Å²) in [7, 11) is 0. The van der Waals surface area contributed by atoms with E-state index < -0.39 is 0 Å². The van der Waals surface area contributed by atoms with Crippen molar-refractivity contribution in [2.24, 2.45) is 11.7 Å². The molecule has 0 unspecified atom stereocenters. The van der Waals surface area contributed by atoms with Gasteiger partial charge in [-0.15, -0.1) is 0 Å². The number of rotatable bonds is 5. The Balaban J connectivity index is 1.86. The van der Waals surface area contributed by atoms with Gasteiger partial charge in [0.25, 0.3) is 0 Å². The lowest BCUT2D eigenvalue weighted by Gasteiger charge is -2.30. The Morgan fingerprint density at radius 1 is 0.947 bits per heavy atom. The predicted octanol–water partition coefficient (Wildman–Crippen LogP) is 3.08. The van der Waals surface area contributed by atoms with E-state index >= 15 is 0 Å². The summed E-state index contributed by atoms with van der Waals surface area (Å²) in [6, 6.07) is 0.488. The van der Waals surface area contributed by atoms with Crippen LogP contribution in [0.2, 0.25) is 0 Å². The molecule has 0 atom stereocenters. The van der Waals surface area contributed by atoms with Crippen molar-refractivity contribution >= 4 is 5.91 Å². The topological polar surface area (TPSA) is 46.3 Å². The van der Waals surface area contributed by atoms with Crippen molar-refractivity contribution in [1.82, 2.24) is 4.90 Å². The van der Waals surface area contributed by atoms with E-state index in [2.05, 4.69) is 4.90 Å². The van der Waals surface area contributed by atoms with Crippen LogP contribution in [0.25, 0.3) is 0 Å². The predicted molar refractivity (Wildman–Crippen MR) is 78.8 cm³/mol. The van der Waals surface area contributed by atoms with Gasteiger partial charge in [0.1, 0.15) is 0 Å². The van der Waals surface area contributed by atoms with Crippen LogP contribution >= 0.6 is 0 Å². The second-order valence-electron chi connectivity index (χ2n) is 6.38. The van der Waals surface area contributed by atoms with E-state index in [9.17, 15) is 4.79 Å². The van der Waals surface area contributed by atoms with Gasteiger partial charge in [0.2, 0.25) is 5.91 Å². The molecule has 110 valence electrons. The molecule has 2 fully saturated rings. The number of hydrogen-bond acceptors (Lipinski definition) is 2. The molecule has 2 N–H and O–H groups in total. The van der Waals surface area contributed by atoms with E-state index in [0.29, 0.717) is 24.4 Å². The monoisotopic (exact) mass is 266 g/mol. The average molecular weight is 266 g/mol. The Kier molecular flexibility index (Phi) is 6.15. The van der Waals surface area contributed by atoms with Gasteiger partial charge in [0.05, 0.1) is 0 Å². The zero-order chi connectivity index (χ0) is 13.5. The Morgan fingerprint density at radius 2 is 1.53 bits per heavy atom. The third-order valence-electron chi connectivity index (χ3n) is 4.89. The highest BCUT2D eigenvalue weighted by Crippen LogP contribution is 2.28. The summed E-state index contributed by atoms with van der Waals surface area (Å²) in [5, 5.41) is 0. The maximum absolute atomic E-state index is 12.6. The van der Waals surface area contributed by atoms with Gasteiger partial charge in [0, 0.05) is 25.6 Å². The summed E-state index contributed by atoms with van der Waals surface area (Å²) in [4.78, 5) is 14.7. The highest BCUT2D eigenvalue weighted by atomic mass is 16.2. The Morgan fingerprint density at radius 3 is 2.11 bits per heavy atom. The molecule has 0 spiro atoms. The van der Waals surface area contributed by atoms with Crippen LogP contribution in [0, 0.1) is 5.92 Å². The van der Waals surface area contributed by atoms with E-state index in [1.807, 2.05) is 0 Å². The molecule has 3 heteroatoms. The SMILES string of the molecule is NCCN(C(=O)CC1CCCCCC1)C1CCCC1. The van der Waals surface area contributed by atoms with Crippen LogP contribution < -0.4 is 5.73 Å². The van der Waals surface area contributed by atoms with Gasteiger partial charge < -0.3 is 10.6 Å². The van der Waals surface area contributed by atoms with Crippen molar-refractivity contribution in [3.05, 3.63) is 0 Å². The minimum absolute atomic E-state index is 0.379. The molecule has 0 aromatic rings. The summed E-state index contributed by atoms with van der Waals surface area (Å²) >= 11 is 0. The molecule has 0 bridgehead atoms. The normalized spacial score (nSPS) is 22.4. The molecule has 3 nitrogen and oxygen atoms in total. The second-order valence-corrected chi connectivity index (χ2v) is 6.38. The van der Waals surface area contributed by atoms with Crippen LogP contribution in [0.15, 0.2) is 0 Å². The third-order valence-corrected chi connectivity index (χ3v) is 4.89. The largest absolute Gasteiger partial charge is 0.338 e. The van der Waals surface area contributed by atoms with E-state index in [-0.39, 0.29) is 0 Å². The van der Waals surface area contributed by atoms with Crippen molar-refractivity contribution in [3.8, 4) is 0 Å². The molecule has 2 rings (SSSR count). The van der Waals surface area contributed by atoms with Gasteiger partial charge in [0.15, 0.2) is 0 Å². The summed E-state index contributed by atoms with van der Waals surface area (Å²) in [6.07, 6.45) is 13.6. The lowest BCUT2D eigenvalue weighted by Crippen LogP contribution is -2.42. The molecule has 0 aliphatic heterocycles. The molecule has 0 aromatic carbocycles. The maximum Gasteiger partial charge on any atom is 0.223 e. The molecule has 2 aliphatic rings. The molecule has 2 aliphatic carbocycles. The van der Waals surface area contributed by atoms with Crippen molar-refractivity contribution in [1.29, 1.82) is 0 Å². The first kappa shape index (κ1) is 14.8. The van der Waals surface area contributed by atoms with Crippen molar-refractivity contribution in [3.63, 3.8) is 0 Å². The molecular formula is C16H30N2O. The molecule has 2 saturated carbocycles. The number of carbonyl (C=O) groups excluding carboxylic acids is 1. The van der Waals surface area contributed by atoms with Crippen LogP contribution in [0.5, 0.6) is 0 Å². The van der Waals surface area contributed by atoms with E-state index in [1.165, 1.54) is 64.2 Å². The zero-order valence-electron chi connectivity index (χ0n) is 12.3. The van der Waals surface area contributed by atoms with E-state index in [1.54, 1.807) is 0 Å². The van der Waals surface area contributed by atoms with Gasteiger partial charge in [-0.2, -0.15) is 0 Å². The fraction of sp³-hybridized carbons (Fsp3) is 0.938. The number of nitrogens with zero attached hydrogens (tertiary/aromatic N) is 1. The molecule has 0 aromatic heterocycles. The summed E-state index contributed by atoms with van der Waals surface area (Å²) in [5.41, 5.74) is 5.70. The number of carbonyl (C=O) groups is 1. The Hall–Kier alpha value is -0.570. The van der Waals surface area contributed by atoms with Crippen molar-refractivity contribution in [2.75, 3.05) is 13.1 Å². The number of hydrogen-bond donors (Lipinski definition) is 1. The van der Waals surface area contributed by atoms with Crippen molar-refractivity contribution in [2.45, 2.75) is 76.7 Å². The molecule has 1 amide bonds. The minimum atomic E-state index is 0.379. The molecular weight excluding hydrogens is 236 g/mol.